The van der Waals surface area contributed by atoms with E-state index < -0.39 is 18.3 Å². The molecule has 1 aromatic rings. The van der Waals surface area contributed by atoms with Gasteiger partial charge in [-0.1, -0.05) is 43.2 Å². The molecule has 28 heavy (non-hydrogen) atoms. The summed E-state index contributed by atoms with van der Waals surface area (Å²) in [4.78, 5) is 16.2. The fraction of sp³-hybridized carbons (Fsp3) is 0.667. The van der Waals surface area contributed by atoms with Crippen molar-refractivity contribution in [3.05, 3.63) is 35.9 Å². The van der Waals surface area contributed by atoms with Crippen LogP contribution in [0.4, 0.5) is 13.2 Å². The second-order valence-electron chi connectivity index (χ2n) is 8.41. The summed E-state index contributed by atoms with van der Waals surface area (Å²) in [6.07, 6.45) is 1.31. The first-order valence-corrected chi connectivity index (χ1v) is 10.3. The van der Waals surface area contributed by atoms with E-state index >= 15 is 0 Å². The summed E-state index contributed by atoms with van der Waals surface area (Å²) in [6.45, 7) is 0.321. The first kappa shape index (κ1) is 19.7. The molecule has 154 valence electrons. The SMILES string of the molecule is O=C1NCN(CC(F)(F)F)C12CCN(C1CCCCC1c1ccccc1)CC2. The van der Waals surface area contributed by atoms with Crippen LogP contribution in [0.2, 0.25) is 0 Å². The lowest BCUT2D eigenvalue weighted by atomic mass is 9.77. The highest BCUT2D eigenvalue weighted by Gasteiger charge is 2.53. The molecule has 2 heterocycles. The second-order valence-corrected chi connectivity index (χ2v) is 8.41. The number of benzene rings is 1. The summed E-state index contributed by atoms with van der Waals surface area (Å²) < 4.78 is 39.0. The number of carbonyl (C=O) groups is 1. The summed E-state index contributed by atoms with van der Waals surface area (Å²) in [5.74, 6) is 0.229. The Morgan fingerprint density at radius 3 is 2.43 bits per heavy atom. The van der Waals surface area contributed by atoms with Crippen LogP contribution in [0.15, 0.2) is 30.3 Å². The number of carbonyl (C=O) groups excluding carboxylic acids is 1. The van der Waals surface area contributed by atoms with Gasteiger partial charge in [-0.2, -0.15) is 13.2 Å². The Balaban J connectivity index is 1.47. The van der Waals surface area contributed by atoms with Crippen molar-refractivity contribution >= 4 is 5.91 Å². The average molecular weight is 395 g/mol. The number of amides is 1. The average Bonchev–Trinajstić information content (AvgIpc) is 2.97. The zero-order valence-electron chi connectivity index (χ0n) is 16.0. The minimum Gasteiger partial charge on any atom is -0.342 e. The molecule has 4 rings (SSSR count). The lowest BCUT2D eigenvalue weighted by Gasteiger charge is -2.47. The predicted molar refractivity (Wildman–Crippen MR) is 101 cm³/mol. The van der Waals surface area contributed by atoms with Crippen molar-refractivity contribution in [1.82, 2.24) is 15.1 Å². The third-order valence-corrected chi connectivity index (χ3v) is 6.88. The number of likely N-dealkylation sites (tertiary alicyclic amines) is 1. The molecular weight excluding hydrogens is 367 g/mol. The maximum atomic E-state index is 13.0. The van der Waals surface area contributed by atoms with Gasteiger partial charge in [-0.25, -0.2) is 0 Å². The number of piperidine rings is 1. The smallest absolute Gasteiger partial charge is 0.342 e. The highest BCUT2D eigenvalue weighted by atomic mass is 19.4. The van der Waals surface area contributed by atoms with Crippen LogP contribution in [-0.2, 0) is 4.79 Å². The van der Waals surface area contributed by atoms with Crippen molar-refractivity contribution in [1.29, 1.82) is 0 Å². The number of hydrogen-bond donors (Lipinski definition) is 1. The Kier molecular flexibility index (Phi) is 5.40. The monoisotopic (exact) mass is 395 g/mol. The highest BCUT2D eigenvalue weighted by molar-refractivity contribution is 5.88. The first-order valence-electron chi connectivity index (χ1n) is 10.3. The van der Waals surface area contributed by atoms with Gasteiger partial charge < -0.3 is 5.32 Å². The zero-order chi connectivity index (χ0) is 19.8. The molecule has 1 N–H and O–H groups in total. The fourth-order valence-electron chi connectivity index (χ4n) is 5.46. The van der Waals surface area contributed by atoms with Crippen LogP contribution in [0.1, 0.15) is 50.0 Å². The maximum Gasteiger partial charge on any atom is 0.401 e. The normalized spacial score (nSPS) is 29.2. The number of rotatable bonds is 3. The Morgan fingerprint density at radius 1 is 1.07 bits per heavy atom. The molecule has 3 aliphatic rings. The number of nitrogens with zero attached hydrogens (tertiary/aromatic N) is 2. The number of nitrogens with one attached hydrogen (secondary N) is 1. The van der Waals surface area contributed by atoms with Gasteiger partial charge in [0.1, 0.15) is 5.54 Å². The quantitative estimate of drug-likeness (QED) is 0.851. The van der Waals surface area contributed by atoms with Crippen LogP contribution in [0.25, 0.3) is 0 Å². The standard InChI is InChI=1S/C21H28F3N3O/c22-21(23,24)14-27-15-25-19(28)20(27)10-12-26(13-11-20)18-9-5-4-8-17(18)16-6-2-1-3-7-16/h1-3,6-7,17-18H,4-5,8-15H2,(H,25,28). The zero-order valence-corrected chi connectivity index (χ0v) is 16.0. The minimum atomic E-state index is -4.29. The summed E-state index contributed by atoms with van der Waals surface area (Å²) in [6, 6.07) is 11.0. The molecule has 2 unspecified atom stereocenters. The second kappa shape index (κ2) is 7.67. The summed E-state index contributed by atoms with van der Waals surface area (Å²) >= 11 is 0. The Morgan fingerprint density at radius 2 is 1.75 bits per heavy atom. The molecule has 0 bridgehead atoms. The van der Waals surface area contributed by atoms with Crippen molar-refractivity contribution < 1.29 is 18.0 Å². The van der Waals surface area contributed by atoms with E-state index in [1.54, 1.807) is 0 Å². The topological polar surface area (TPSA) is 35.6 Å². The van der Waals surface area contributed by atoms with E-state index in [4.69, 9.17) is 0 Å². The van der Waals surface area contributed by atoms with E-state index in [0.29, 0.717) is 37.9 Å². The predicted octanol–water partition coefficient (Wildman–Crippen LogP) is 3.50. The van der Waals surface area contributed by atoms with Crippen molar-refractivity contribution in [2.75, 3.05) is 26.3 Å². The van der Waals surface area contributed by atoms with Gasteiger partial charge in [-0.15, -0.1) is 0 Å². The highest BCUT2D eigenvalue weighted by Crippen LogP contribution is 2.40. The molecule has 3 fully saturated rings. The molecule has 2 aliphatic heterocycles. The fourth-order valence-corrected chi connectivity index (χ4v) is 5.46. The third-order valence-electron chi connectivity index (χ3n) is 6.88. The van der Waals surface area contributed by atoms with Crippen LogP contribution in [0, 0.1) is 0 Å². The van der Waals surface area contributed by atoms with E-state index in [1.807, 2.05) is 6.07 Å². The largest absolute Gasteiger partial charge is 0.401 e. The number of hydrogen-bond acceptors (Lipinski definition) is 3. The van der Waals surface area contributed by atoms with Crippen LogP contribution >= 0.6 is 0 Å². The minimum absolute atomic E-state index is 0.00554. The van der Waals surface area contributed by atoms with Crippen LogP contribution < -0.4 is 5.32 Å². The third kappa shape index (κ3) is 3.79. The molecule has 1 aromatic carbocycles. The number of alkyl halides is 3. The van der Waals surface area contributed by atoms with Gasteiger partial charge in [-0.3, -0.25) is 14.6 Å². The summed E-state index contributed by atoms with van der Waals surface area (Å²) in [5, 5.41) is 2.65. The van der Waals surface area contributed by atoms with Gasteiger partial charge in [-0.05, 0) is 37.2 Å². The lowest BCUT2D eigenvalue weighted by molar-refractivity contribution is -0.161. The molecule has 0 radical (unpaired) electrons. The maximum absolute atomic E-state index is 13.0. The van der Waals surface area contributed by atoms with Crippen LogP contribution in [-0.4, -0.2) is 59.8 Å². The van der Waals surface area contributed by atoms with Crippen molar-refractivity contribution in [3.63, 3.8) is 0 Å². The number of halogens is 3. The summed E-state index contributed by atoms with van der Waals surface area (Å²) in [7, 11) is 0. The van der Waals surface area contributed by atoms with Gasteiger partial charge in [0.2, 0.25) is 5.91 Å². The first-order chi connectivity index (χ1) is 13.4. The van der Waals surface area contributed by atoms with Gasteiger partial charge >= 0.3 is 6.18 Å². The molecule has 1 amide bonds. The van der Waals surface area contributed by atoms with Gasteiger partial charge in [0.15, 0.2) is 0 Å². The molecule has 7 heteroatoms. The Labute approximate surface area is 164 Å². The molecular formula is C21H28F3N3O. The van der Waals surface area contributed by atoms with Crippen molar-refractivity contribution in [2.24, 2.45) is 0 Å². The molecule has 2 atom stereocenters. The van der Waals surface area contributed by atoms with Gasteiger partial charge in [0.05, 0.1) is 13.2 Å². The molecule has 1 saturated carbocycles. The van der Waals surface area contributed by atoms with Crippen molar-refractivity contribution in [2.45, 2.75) is 62.2 Å². The lowest BCUT2D eigenvalue weighted by Crippen LogP contribution is -2.59. The van der Waals surface area contributed by atoms with E-state index in [2.05, 4.69) is 34.5 Å². The van der Waals surface area contributed by atoms with Crippen molar-refractivity contribution in [3.8, 4) is 0 Å². The van der Waals surface area contributed by atoms with Gasteiger partial charge in [0, 0.05) is 19.1 Å². The van der Waals surface area contributed by atoms with Gasteiger partial charge in [0.25, 0.3) is 0 Å². The molecule has 1 aliphatic carbocycles. The Hall–Kier alpha value is -1.60. The summed E-state index contributed by atoms with van der Waals surface area (Å²) in [5.41, 5.74) is 0.355. The molecule has 2 saturated heterocycles. The van der Waals surface area contributed by atoms with E-state index in [-0.39, 0.29) is 12.6 Å². The van der Waals surface area contributed by atoms with E-state index in [0.717, 1.165) is 12.8 Å². The Bertz CT molecular complexity index is 686. The van der Waals surface area contributed by atoms with E-state index in [9.17, 15) is 18.0 Å². The molecule has 4 nitrogen and oxygen atoms in total. The molecule has 1 spiro atoms. The van der Waals surface area contributed by atoms with Crippen LogP contribution in [0.3, 0.4) is 0 Å². The van der Waals surface area contributed by atoms with Crippen LogP contribution in [0.5, 0.6) is 0 Å². The molecule has 0 aromatic heterocycles. The van der Waals surface area contributed by atoms with E-state index in [1.165, 1.54) is 23.3 Å².